The number of carbonyl (C=O) groups excluding carboxylic acids is 1. The van der Waals surface area contributed by atoms with Gasteiger partial charge in [-0.2, -0.15) is 5.10 Å². The number of anilines is 1. The van der Waals surface area contributed by atoms with E-state index >= 15 is 0 Å². The Hall–Kier alpha value is -3.98. The van der Waals surface area contributed by atoms with Crippen molar-refractivity contribution in [2.45, 2.75) is 4.90 Å². The summed E-state index contributed by atoms with van der Waals surface area (Å²) in [6.45, 7) is 0. The van der Waals surface area contributed by atoms with E-state index in [1.807, 2.05) is 30.3 Å². The number of hydrogen-bond acceptors (Lipinski definition) is 5. The molecule has 154 valence electrons. The van der Waals surface area contributed by atoms with Gasteiger partial charge >= 0.3 is 0 Å². The molecule has 0 bridgehead atoms. The molecular formula is C22H17N5O3S. The summed E-state index contributed by atoms with van der Waals surface area (Å²) in [6, 6.07) is 19.0. The van der Waals surface area contributed by atoms with Crippen LogP contribution in [0.4, 0.5) is 5.69 Å². The van der Waals surface area contributed by atoms with E-state index in [9.17, 15) is 13.2 Å². The number of sulfone groups is 1. The van der Waals surface area contributed by atoms with Gasteiger partial charge in [-0.05, 0) is 48.5 Å². The molecule has 0 fully saturated rings. The molecule has 5 rings (SSSR count). The molecule has 31 heavy (non-hydrogen) atoms. The summed E-state index contributed by atoms with van der Waals surface area (Å²) in [7, 11) is -3.40. The molecule has 1 amide bonds. The molecule has 2 aromatic heterocycles. The predicted molar refractivity (Wildman–Crippen MR) is 119 cm³/mol. The van der Waals surface area contributed by atoms with E-state index in [1.54, 1.807) is 24.3 Å². The van der Waals surface area contributed by atoms with Crippen LogP contribution in [0, 0.1) is 0 Å². The van der Waals surface area contributed by atoms with Crippen molar-refractivity contribution in [3.8, 4) is 11.5 Å². The van der Waals surface area contributed by atoms with Crippen LogP contribution in [0.3, 0.4) is 0 Å². The maximum Gasteiger partial charge on any atom is 0.255 e. The largest absolute Gasteiger partial charge is 0.337 e. The van der Waals surface area contributed by atoms with Gasteiger partial charge in [0.1, 0.15) is 5.69 Å². The summed E-state index contributed by atoms with van der Waals surface area (Å²) in [5.74, 6) is 0.218. The first-order valence-corrected chi connectivity index (χ1v) is 11.3. The van der Waals surface area contributed by atoms with Crippen molar-refractivity contribution in [1.82, 2.24) is 20.2 Å². The quantitative estimate of drug-likeness (QED) is 0.400. The highest BCUT2D eigenvalue weighted by Crippen LogP contribution is 2.28. The number of rotatable bonds is 4. The van der Waals surface area contributed by atoms with E-state index in [1.165, 1.54) is 12.1 Å². The summed E-state index contributed by atoms with van der Waals surface area (Å²) < 4.78 is 23.5. The highest BCUT2D eigenvalue weighted by atomic mass is 32.2. The van der Waals surface area contributed by atoms with Gasteiger partial charge in [0.05, 0.1) is 21.4 Å². The van der Waals surface area contributed by atoms with Crippen LogP contribution in [0.25, 0.3) is 33.5 Å². The number of benzene rings is 3. The lowest BCUT2D eigenvalue weighted by Crippen LogP contribution is -2.12. The summed E-state index contributed by atoms with van der Waals surface area (Å²) in [6.07, 6.45) is 1.11. The van der Waals surface area contributed by atoms with Crippen LogP contribution in [-0.2, 0) is 9.84 Å². The van der Waals surface area contributed by atoms with Crippen LogP contribution in [0.15, 0.2) is 71.6 Å². The van der Waals surface area contributed by atoms with Gasteiger partial charge < -0.3 is 10.3 Å². The molecule has 0 atom stereocenters. The average molecular weight is 431 g/mol. The molecule has 3 aromatic carbocycles. The second kappa shape index (κ2) is 7.06. The summed E-state index contributed by atoms with van der Waals surface area (Å²) >= 11 is 0. The highest BCUT2D eigenvalue weighted by Gasteiger charge is 2.15. The number of amides is 1. The Kier molecular flexibility index (Phi) is 4.33. The normalized spacial score (nSPS) is 11.8. The minimum absolute atomic E-state index is 0.0950. The molecule has 5 aromatic rings. The molecule has 0 saturated heterocycles. The van der Waals surface area contributed by atoms with Crippen LogP contribution in [0.2, 0.25) is 0 Å². The van der Waals surface area contributed by atoms with E-state index in [2.05, 4.69) is 25.5 Å². The fraction of sp³-hybridized carbons (Fsp3) is 0.0455. The van der Waals surface area contributed by atoms with Crippen LogP contribution >= 0.6 is 0 Å². The van der Waals surface area contributed by atoms with Gasteiger partial charge in [0, 0.05) is 22.9 Å². The van der Waals surface area contributed by atoms with Crippen LogP contribution < -0.4 is 5.32 Å². The predicted octanol–water partition coefficient (Wildman–Crippen LogP) is 3.76. The number of aromatic amines is 2. The van der Waals surface area contributed by atoms with Crippen LogP contribution in [0.5, 0.6) is 0 Å². The van der Waals surface area contributed by atoms with Crippen molar-refractivity contribution in [3.63, 3.8) is 0 Å². The Morgan fingerprint density at radius 2 is 1.81 bits per heavy atom. The standard InChI is InChI=1S/C22H17N5O3S/c1-31(29,30)15-6-4-5-13(11-15)22(28)23-14-9-10-17-16(12-14)20(27-26-17)21-24-18-7-2-3-8-19(18)25-21/h2-12H,1H3,(H,23,28)(H,24,25)(H,26,27). The third kappa shape index (κ3) is 3.55. The topological polar surface area (TPSA) is 121 Å². The maximum atomic E-state index is 12.7. The van der Waals surface area contributed by atoms with Gasteiger partial charge in [-0.1, -0.05) is 18.2 Å². The average Bonchev–Trinajstić information content (AvgIpc) is 3.36. The number of nitrogens with one attached hydrogen (secondary N) is 3. The molecule has 0 aliphatic heterocycles. The molecule has 2 heterocycles. The van der Waals surface area contributed by atoms with E-state index in [-0.39, 0.29) is 10.5 Å². The number of hydrogen-bond donors (Lipinski definition) is 3. The lowest BCUT2D eigenvalue weighted by Gasteiger charge is -2.07. The van der Waals surface area contributed by atoms with Crippen molar-refractivity contribution in [3.05, 3.63) is 72.3 Å². The third-order valence-corrected chi connectivity index (χ3v) is 6.07. The number of imidazole rings is 1. The SMILES string of the molecule is CS(=O)(=O)c1cccc(C(=O)Nc2ccc3[nH]nc(-c4nc5ccccc5[nH]4)c3c2)c1. The molecule has 0 unspecified atom stereocenters. The highest BCUT2D eigenvalue weighted by molar-refractivity contribution is 7.90. The molecule has 0 radical (unpaired) electrons. The van der Waals surface area contributed by atoms with Crippen molar-refractivity contribution < 1.29 is 13.2 Å². The minimum Gasteiger partial charge on any atom is -0.337 e. The molecule has 0 spiro atoms. The minimum atomic E-state index is -3.40. The van der Waals surface area contributed by atoms with Gasteiger partial charge in [-0.25, -0.2) is 13.4 Å². The Balaban J connectivity index is 1.49. The van der Waals surface area contributed by atoms with Gasteiger partial charge in [-0.3, -0.25) is 9.89 Å². The molecule has 8 nitrogen and oxygen atoms in total. The third-order valence-electron chi connectivity index (χ3n) is 4.96. The molecule has 9 heteroatoms. The lowest BCUT2D eigenvalue weighted by molar-refractivity contribution is 0.102. The van der Waals surface area contributed by atoms with E-state index in [0.717, 1.165) is 28.2 Å². The first kappa shape index (κ1) is 19.0. The smallest absolute Gasteiger partial charge is 0.255 e. The van der Waals surface area contributed by atoms with Crippen LogP contribution in [0.1, 0.15) is 10.4 Å². The molecular weight excluding hydrogens is 414 g/mol. The van der Waals surface area contributed by atoms with E-state index in [0.29, 0.717) is 17.2 Å². The number of aromatic nitrogens is 4. The zero-order valence-electron chi connectivity index (χ0n) is 16.4. The number of fused-ring (bicyclic) bond motifs is 2. The summed E-state index contributed by atoms with van der Waals surface area (Å²) in [5.41, 5.74) is 4.00. The second-order valence-corrected chi connectivity index (χ2v) is 9.20. The monoisotopic (exact) mass is 431 g/mol. The van der Waals surface area contributed by atoms with E-state index in [4.69, 9.17) is 0 Å². The van der Waals surface area contributed by atoms with Crippen molar-refractivity contribution in [2.75, 3.05) is 11.6 Å². The Labute approximate surface area is 177 Å². The number of nitrogens with zero attached hydrogens (tertiary/aromatic N) is 2. The number of H-pyrrole nitrogens is 2. The first-order chi connectivity index (χ1) is 14.9. The molecule has 0 saturated carbocycles. The zero-order chi connectivity index (χ0) is 21.6. The van der Waals surface area contributed by atoms with Gasteiger partial charge in [0.25, 0.3) is 5.91 Å². The first-order valence-electron chi connectivity index (χ1n) is 9.43. The number of carbonyl (C=O) groups is 1. The lowest BCUT2D eigenvalue weighted by atomic mass is 10.1. The molecule has 3 N–H and O–H groups in total. The van der Waals surface area contributed by atoms with Crippen LogP contribution in [-0.4, -0.2) is 40.7 Å². The van der Waals surface area contributed by atoms with Crippen molar-refractivity contribution >= 4 is 43.4 Å². The van der Waals surface area contributed by atoms with Gasteiger partial charge in [-0.15, -0.1) is 0 Å². The van der Waals surface area contributed by atoms with E-state index < -0.39 is 15.7 Å². The number of para-hydroxylation sites is 2. The van der Waals surface area contributed by atoms with Crippen molar-refractivity contribution in [1.29, 1.82) is 0 Å². The molecule has 0 aliphatic carbocycles. The Bertz CT molecular complexity index is 1530. The van der Waals surface area contributed by atoms with Gasteiger partial charge in [0.2, 0.25) is 0 Å². The molecule has 0 aliphatic rings. The maximum absolute atomic E-state index is 12.7. The second-order valence-electron chi connectivity index (χ2n) is 7.19. The van der Waals surface area contributed by atoms with Gasteiger partial charge in [0.15, 0.2) is 15.7 Å². The summed E-state index contributed by atoms with van der Waals surface area (Å²) in [4.78, 5) is 20.6. The fourth-order valence-electron chi connectivity index (χ4n) is 3.41. The zero-order valence-corrected chi connectivity index (χ0v) is 17.2. The van der Waals surface area contributed by atoms with Crippen molar-refractivity contribution in [2.24, 2.45) is 0 Å². The Morgan fingerprint density at radius 1 is 0.968 bits per heavy atom. The Morgan fingerprint density at radius 3 is 2.61 bits per heavy atom. The summed E-state index contributed by atoms with van der Waals surface area (Å²) in [5, 5.41) is 11.0. The fourth-order valence-corrected chi connectivity index (χ4v) is 4.08.